The summed E-state index contributed by atoms with van der Waals surface area (Å²) in [5.74, 6) is 0.307. The lowest BCUT2D eigenvalue weighted by Crippen LogP contribution is -2.49. The number of hydrogen-bond acceptors (Lipinski definition) is 5. The molecule has 1 aromatic carbocycles. The van der Waals surface area contributed by atoms with Crippen LogP contribution in [0.2, 0.25) is 0 Å². The third-order valence-electron chi connectivity index (χ3n) is 6.23. The Kier molecular flexibility index (Phi) is 5.31. The predicted molar refractivity (Wildman–Crippen MR) is 117 cm³/mol. The van der Waals surface area contributed by atoms with Gasteiger partial charge in [0.15, 0.2) is 5.69 Å². The molecule has 32 heavy (non-hydrogen) atoms. The molecule has 1 aliphatic carbocycles. The van der Waals surface area contributed by atoms with Gasteiger partial charge in [0.05, 0.1) is 11.3 Å². The molecule has 3 heterocycles. The second kappa shape index (κ2) is 8.42. The summed E-state index contributed by atoms with van der Waals surface area (Å²) >= 11 is 0. The van der Waals surface area contributed by atoms with E-state index in [2.05, 4.69) is 16.0 Å². The first-order valence-corrected chi connectivity index (χ1v) is 10.9. The number of aromatic nitrogens is 3. The summed E-state index contributed by atoms with van der Waals surface area (Å²) in [5.41, 5.74) is 3.89. The number of rotatable bonds is 3. The number of nitrogens with zero attached hydrogens (tertiary/aromatic N) is 6. The van der Waals surface area contributed by atoms with Crippen molar-refractivity contribution in [1.29, 1.82) is 5.26 Å². The minimum atomic E-state index is -0.295. The Morgan fingerprint density at radius 2 is 1.78 bits per heavy atom. The number of benzene rings is 1. The highest BCUT2D eigenvalue weighted by Crippen LogP contribution is 2.28. The van der Waals surface area contributed by atoms with E-state index in [1.54, 1.807) is 30.5 Å². The minimum absolute atomic E-state index is 0.0646. The molecule has 3 aromatic rings. The molecule has 0 radical (unpaired) electrons. The van der Waals surface area contributed by atoms with E-state index in [0.717, 1.165) is 42.6 Å². The van der Waals surface area contributed by atoms with Crippen molar-refractivity contribution in [2.45, 2.75) is 25.7 Å². The zero-order valence-corrected chi connectivity index (χ0v) is 17.7. The number of carbonyl (C=O) groups is 1. The molecule has 0 spiro atoms. The normalized spacial score (nSPS) is 15.9. The van der Waals surface area contributed by atoms with Gasteiger partial charge in [-0.05, 0) is 62.1 Å². The number of fused-ring (bicyclic) bond motifs is 1. The second-order valence-corrected chi connectivity index (χ2v) is 8.13. The van der Waals surface area contributed by atoms with Gasteiger partial charge in [0, 0.05) is 43.6 Å². The first-order chi connectivity index (χ1) is 15.7. The fourth-order valence-corrected chi connectivity index (χ4v) is 4.57. The number of nitriles is 1. The molecule has 0 atom stereocenters. The first-order valence-electron chi connectivity index (χ1n) is 10.9. The van der Waals surface area contributed by atoms with Gasteiger partial charge in [0.25, 0.3) is 5.91 Å². The Balaban J connectivity index is 1.38. The summed E-state index contributed by atoms with van der Waals surface area (Å²) in [4.78, 5) is 21.7. The molecule has 1 aliphatic heterocycles. The summed E-state index contributed by atoms with van der Waals surface area (Å²) in [7, 11) is 0. The lowest BCUT2D eigenvalue weighted by Gasteiger charge is -2.35. The van der Waals surface area contributed by atoms with E-state index < -0.39 is 0 Å². The number of halogens is 1. The van der Waals surface area contributed by atoms with Crippen molar-refractivity contribution in [3.05, 3.63) is 70.9 Å². The van der Waals surface area contributed by atoms with Gasteiger partial charge < -0.3 is 9.80 Å². The van der Waals surface area contributed by atoms with Crippen LogP contribution >= 0.6 is 0 Å². The second-order valence-electron chi connectivity index (χ2n) is 8.13. The summed E-state index contributed by atoms with van der Waals surface area (Å²) in [5, 5.41) is 14.1. The van der Waals surface area contributed by atoms with Gasteiger partial charge >= 0.3 is 0 Å². The minimum Gasteiger partial charge on any atom is -0.352 e. The number of anilines is 1. The smallest absolute Gasteiger partial charge is 0.274 e. The van der Waals surface area contributed by atoms with E-state index >= 15 is 0 Å². The van der Waals surface area contributed by atoms with Gasteiger partial charge in [-0.2, -0.15) is 10.4 Å². The fraction of sp³-hybridized carbons (Fsp3) is 0.333. The molecule has 5 rings (SSSR count). The highest BCUT2D eigenvalue weighted by molar-refractivity contribution is 5.94. The molecule has 2 aromatic heterocycles. The van der Waals surface area contributed by atoms with Gasteiger partial charge in [0.2, 0.25) is 0 Å². The van der Waals surface area contributed by atoms with Crippen LogP contribution < -0.4 is 4.90 Å². The van der Waals surface area contributed by atoms with E-state index in [9.17, 15) is 14.4 Å². The first kappa shape index (κ1) is 20.2. The lowest BCUT2D eigenvalue weighted by molar-refractivity contribution is 0.0739. The van der Waals surface area contributed by atoms with Crippen LogP contribution in [0.15, 0.2) is 42.6 Å². The number of carbonyl (C=O) groups excluding carboxylic acids is 1. The number of piperazine rings is 1. The summed E-state index contributed by atoms with van der Waals surface area (Å²) in [6, 6.07) is 11.9. The van der Waals surface area contributed by atoms with Crippen molar-refractivity contribution >= 4 is 11.7 Å². The zero-order valence-electron chi connectivity index (χ0n) is 17.7. The number of pyridine rings is 1. The molecule has 0 bridgehead atoms. The Labute approximate surface area is 185 Å². The van der Waals surface area contributed by atoms with Crippen LogP contribution in [0, 0.1) is 17.1 Å². The SMILES string of the molecule is N#Cc1cccnc1N1CCN(C(=O)c2nn(-c3ccc(F)cc3)c3c2CCCC3)CC1. The van der Waals surface area contributed by atoms with E-state index in [1.807, 2.05) is 9.58 Å². The van der Waals surface area contributed by atoms with Crippen molar-refractivity contribution in [3.8, 4) is 11.8 Å². The molecular formula is C24H23FN6O. The maximum Gasteiger partial charge on any atom is 0.274 e. The Morgan fingerprint density at radius 1 is 1.03 bits per heavy atom. The molecule has 1 fully saturated rings. The third kappa shape index (κ3) is 3.60. The van der Waals surface area contributed by atoms with E-state index in [4.69, 9.17) is 5.10 Å². The van der Waals surface area contributed by atoms with E-state index in [0.29, 0.717) is 43.3 Å². The standard InChI is InChI=1S/C24H23FN6O/c25-18-7-9-19(10-8-18)31-21-6-2-1-5-20(21)22(28-31)24(32)30-14-12-29(13-15-30)23-17(16-26)4-3-11-27-23/h3-4,7-11H,1-2,5-6,12-15H2. The van der Waals surface area contributed by atoms with Crippen molar-refractivity contribution < 1.29 is 9.18 Å². The molecule has 162 valence electrons. The average Bonchev–Trinajstić information content (AvgIpc) is 3.24. The maximum absolute atomic E-state index is 13.4. The third-order valence-corrected chi connectivity index (χ3v) is 6.23. The molecule has 0 saturated carbocycles. The van der Waals surface area contributed by atoms with Gasteiger partial charge in [0.1, 0.15) is 17.7 Å². The molecule has 7 nitrogen and oxygen atoms in total. The summed E-state index contributed by atoms with van der Waals surface area (Å²) in [6.07, 6.45) is 5.46. The zero-order chi connectivity index (χ0) is 22.1. The molecule has 0 unspecified atom stereocenters. The van der Waals surface area contributed by atoms with Crippen molar-refractivity contribution in [3.63, 3.8) is 0 Å². The van der Waals surface area contributed by atoms with Crippen LogP contribution in [-0.2, 0) is 12.8 Å². The van der Waals surface area contributed by atoms with Crippen molar-refractivity contribution in [2.24, 2.45) is 0 Å². The molecule has 1 amide bonds. The van der Waals surface area contributed by atoms with Crippen LogP contribution in [0.1, 0.15) is 40.2 Å². The molecular weight excluding hydrogens is 407 g/mol. The Hall–Kier alpha value is -3.73. The molecule has 1 saturated heterocycles. The van der Waals surface area contributed by atoms with Crippen LogP contribution in [0.3, 0.4) is 0 Å². The van der Waals surface area contributed by atoms with Gasteiger partial charge in [-0.25, -0.2) is 14.1 Å². The summed E-state index contributed by atoms with van der Waals surface area (Å²) in [6.45, 7) is 2.30. The van der Waals surface area contributed by atoms with Crippen molar-refractivity contribution in [1.82, 2.24) is 19.7 Å². The largest absolute Gasteiger partial charge is 0.352 e. The van der Waals surface area contributed by atoms with Crippen LogP contribution in [0.25, 0.3) is 5.69 Å². The predicted octanol–water partition coefficient (Wildman–Crippen LogP) is 3.12. The highest BCUT2D eigenvalue weighted by atomic mass is 19.1. The Morgan fingerprint density at radius 3 is 2.53 bits per heavy atom. The summed E-state index contributed by atoms with van der Waals surface area (Å²) < 4.78 is 15.2. The number of amides is 1. The van der Waals surface area contributed by atoms with Gasteiger partial charge in [-0.3, -0.25) is 4.79 Å². The quantitative estimate of drug-likeness (QED) is 0.638. The van der Waals surface area contributed by atoms with Gasteiger partial charge in [-0.15, -0.1) is 0 Å². The van der Waals surface area contributed by atoms with Crippen LogP contribution in [0.4, 0.5) is 10.2 Å². The van der Waals surface area contributed by atoms with Crippen LogP contribution in [0.5, 0.6) is 0 Å². The molecule has 8 heteroatoms. The maximum atomic E-state index is 13.4. The molecule has 2 aliphatic rings. The highest BCUT2D eigenvalue weighted by Gasteiger charge is 2.30. The monoisotopic (exact) mass is 430 g/mol. The van der Waals surface area contributed by atoms with Crippen LogP contribution in [-0.4, -0.2) is 51.8 Å². The lowest BCUT2D eigenvalue weighted by atomic mass is 9.95. The molecule has 0 N–H and O–H groups in total. The average molecular weight is 430 g/mol. The number of hydrogen-bond donors (Lipinski definition) is 0. The van der Waals surface area contributed by atoms with E-state index in [-0.39, 0.29) is 11.7 Å². The van der Waals surface area contributed by atoms with Gasteiger partial charge in [-0.1, -0.05) is 0 Å². The van der Waals surface area contributed by atoms with Crippen molar-refractivity contribution in [2.75, 3.05) is 31.1 Å². The van der Waals surface area contributed by atoms with E-state index in [1.165, 1.54) is 12.1 Å². The topological polar surface area (TPSA) is 78.1 Å². The Bertz CT molecular complexity index is 1190. The fourth-order valence-electron chi connectivity index (χ4n) is 4.57.